The quantitative estimate of drug-likeness (QED) is 0.672. The highest BCUT2D eigenvalue weighted by molar-refractivity contribution is 7.11. The Morgan fingerprint density at radius 2 is 2.26 bits per heavy atom. The van der Waals surface area contributed by atoms with Crippen molar-refractivity contribution in [1.82, 2.24) is 14.8 Å². The summed E-state index contributed by atoms with van der Waals surface area (Å²) in [5, 5.41) is 19.3. The molecule has 0 unspecified atom stereocenters. The molecule has 0 saturated carbocycles. The minimum atomic E-state index is -0.394. The monoisotopic (exact) mass is 281 g/mol. The highest BCUT2D eigenvalue weighted by Gasteiger charge is 2.24. The van der Waals surface area contributed by atoms with Crippen molar-refractivity contribution in [1.29, 1.82) is 0 Å². The minimum absolute atomic E-state index is 0.0445. The van der Waals surface area contributed by atoms with Crippen molar-refractivity contribution in [2.24, 2.45) is 0 Å². The largest absolute Gasteiger partial charge is 0.360 e. The zero-order valence-corrected chi connectivity index (χ0v) is 11.8. The second kappa shape index (κ2) is 5.35. The number of nitrogens with one attached hydrogen (secondary N) is 1. The van der Waals surface area contributed by atoms with Gasteiger partial charge in [-0.2, -0.15) is 5.10 Å². The van der Waals surface area contributed by atoms with E-state index >= 15 is 0 Å². The summed E-state index contributed by atoms with van der Waals surface area (Å²) in [4.78, 5) is 15.9. The third-order valence-electron chi connectivity index (χ3n) is 2.68. The fraction of sp³-hybridized carbons (Fsp3) is 0.455. The van der Waals surface area contributed by atoms with E-state index in [1.165, 1.54) is 0 Å². The Kier molecular flexibility index (Phi) is 3.79. The number of aromatic nitrogens is 3. The van der Waals surface area contributed by atoms with Crippen molar-refractivity contribution in [3.05, 3.63) is 31.9 Å². The first-order chi connectivity index (χ1) is 9.02. The molecule has 8 heteroatoms. The molecule has 7 nitrogen and oxygen atoms in total. The van der Waals surface area contributed by atoms with Gasteiger partial charge in [0.25, 0.3) is 0 Å². The standard InChI is InChI=1S/C11H15N5O2S/c1-4-15-11(10(16(17)18)7(2)14-15)13-6-9-5-12-8(3)19-9/h5,13H,4,6H2,1-3H3. The van der Waals surface area contributed by atoms with Crippen molar-refractivity contribution in [3.8, 4) is 0 Å². The summed E-state index contributed by atoms with van der Waals surface area (Å²) in [6.07, 6.45) is 1.78. The number of nitro groups is 1. The molecule has 0 amide bonds. The van der Waals surface area contributed by atoms with E-state index in [0.717, 1.165) is 9.88 Å². The maximum atomic E-state index is 11.1. The molecule has 2 heterocycles. The van der Waals surface area contributed by atoms with Gasteiger partial charge in [0.1, 0.15) is 5.69 Å². The molecular formula is C11H15N5O2S. The van der Waals surface area contributed by atoms with Crippen LogP contribution in [0.5, 0.6) is 0 Å². The van der Waals surface area contributed by atoms with E-state index in [1.807, 2.05) is 13.8 Å². The molecule has 0 aromatic carbocycles. The molecule has 0 spiro atoms. The predicted molar refractivity (Wildman–Crippen MR) is 73.5 cm³/mol. The van der Waals surface area contributed by atoms with Crippen LogP contribution in [-0.2, 0) is 13.1 Å². The van der Waals surface area contributed by atoms with Gasteiger partial charge in [0.2, 0.25) is 5.82 Å². The summed E-state index contributed by atoms with van der Waals surface area (Å²) >= 11 is 1.57. The Morgan fingerprint density at radius 3 is 2.79 bits per heavy atom. The number of thiazole rings is 1. The maximum Gasteiger partial charge on any atom is 0.333 e. The smallest absolute Gasteiger partial charge is 0.333 e. The molecule has 102 valence electrons. The second-order valence-electron chi connectivity index (χ2n) is 4.05. The van der Waals surface area contributed by atoms with Gasteiger partial charge in [0.15, 0.2) is 0 Å². The number of rotatable bonds is 5. The van der Waals surface area contributed by atoms with Gasteiger partial charge in [-0.25, -0.2) is 9.67 Å². The number of hydrogen-bond donors (Lipinski definition) is 1. The maximum absolute atomic E-state index is 11.1. The number of anilines is 1. The first kappa shape index (κ1) is 13.5. The summed E-state index contributed by atoms with van der Waals surface area (Å²) < 4.78 is 1.61. The van der Waals surface area contributed by atoms with E-state index in [-0.39, 0.29) is 5.69 Å². The summed E-state index contributed by atoms with van der Waals surface area (Å²) in [5.41, 5.74) is 0.470. The van der Waals surface area contributed by atoms with Gasteiger partial charge >= 0.3 is 5.69 Å². The first-order valence-electron chi connectivity index (χ1n) is 5.90. The Bertz CT molecular complexity index is 604. The SMILES string of the molecule is CCn1nc(C)c([N+](=O)[O-])c1NCc1cnc(C)s1. The minimum Gasteiger partial charge on any atom is -0.360 e. The average Bonchev–Trinajstić information content (AvgIpc) is 2.89. The van der Waals surface area contributed by atoms with Crippen LogP contribution in [-0.4, -0.2) is 19.7 Å². The third kappa shape index (κ3) is 2.73. The Hall–Kier alpha value is -1.96. The van der Waals surface area contributed by atoms with Crippen LogP contribution in [0.2, 0.25) is 0 Å². The van der Waals surface area contributed by atoms with Gasteiger partial charge in [-0.3, -0.25) is 10.1 Å². The lowest BCUT2D eigenvalue weighted by Crippen LogP contribution is -2.07. The van der Waals surface area contributed by atoms with Gasteiger partial charge in [0, 0.05) is 17.6 Å². The van der Waals surface area contributed by atoms with Crippen molar-refractivity contribution in [2.45, 2.75) is 33.9 Å². The first-order valence-corrected chi connectivity index (χ1v) is 6.71. The van der Waals surface area contributed by atoms with E-state index in [0.29, 0.717) is 24.6 Å². The normalized spacial score (nSPS) is 10.7. The molecule has 1 N–H and O–H groups in total. The zero-order valence-electron chi connectivity index (χ0n) is 11.0. The van der Waals surface area contributed by atoms with E-state index in [1.54, 1.807) is 29.1 Å². The lowest BCUT2D eigenvalue weighted by atomic mass is 10.4. The topological polar surface area (TPSA) is 85.9 Å². The molecule has 19 heavy (non-hydrogen) atoms. The molecule has 0 aliphatic heterocycles. The van der Waals surface area contributed by atoms with Crippen LogP contribution in [0.4, 0.5) is 11.5 Å². The third-order valence-corrected chi connectivity index (χ3v) is 3.59. The van der Waals surface area contributed by atoms with E-state index in [4.69, 9.17) is 0 Å². The van der Waals surface area contributed by atoms with Crippen LogP contribution in [0.1, 0.15) is 22.5 Å². The van der Waals surface area contributed by atoms with Gasteiger partial charge in [-0.15, -0.1) is 11.3 Å². The number of aryl methyl sites for hydroxylation is 3. The zero-order chi connectivity index (χ0) is 14.0. The van der Waals surface area contributed by atoms with E-state index in [9.17, 15) is 10.1 Å². The van der Waals surface area contributed by atoms with Crippen LogP contribution < -0.4 is 5.32 Å². The molecule has 2 rings (SSSR count). The van der Waals surface area contributed by atoms with Crippen LogP contribution in [0.25, 0.3) is 0 Å². The van der Waals surface area contributed by atoms with Crippen LogP contribution in [0.15, 0.2) is 6.20 Å². The lowest BCUT2D eigenvalue weighted by molar-refractivity contribution is -0.384. The lowest BCUT2D eigenvalue weighted by Gasteiger charge is -2.05. The summed E-state index contributed by atoms with van der Waals surface area (Å²) in [5.74, 6) is 0.455. The molecular weight excluding hydrogens is 266 g/mol. The molecule has 0 aliphatic rings. The molecule has 2 aromatic heterocycles. The Labute approximate surface area is 114 Å². The molecule has 0 bridgehead atoms. The number of hydrogen-bond acceptors (Lipinski definition) is 6. The second-order valence-corrected chi connectivity index (χ2v) is 5.37. The highest BCUT2D eigenvalue weighted by Crippen LogP contribution is 2.28. The average molecular weight is 281 g/mol. The van der Waals surface area contributed by atoms with Gasteiger partial charge < -0.3 is 5.32 Å². The Morgan fingerprint density at radius 1 is 1.53 bits per heavy atom. The van der Waals surface area contributed by atoms with Gasteiger partial charge in [0.05, 0.1) is 16.5 Å². The predicted octanol–water partition coefficient (Wildman–Crippen LogP) is 2.50. The summed E-state index contributed by atoms with van der Waals surface area (Å²) in [7, 11) is 0. The molecule has 0 saturated heterocycles. The number of nitrogens with zero attached hydrogens (tertiary/aromatic N) is 4. The summed E-state index contributed by atoms with van der Waals surface area (Å²) in [6, 6.07) is 0. The van der Waals surface area contributed by atoms with E-state index in [2.05, 4.69) is 15.4 Å². The fourth-order valence-corrected chi connectivity index (χ4v) is 2.59. The van der Waals surface area contributed by atoms with Crippen LogP contribution in [0, 0.1) is 24.0 Å². The van der Waals surface area contributed by atoms with Crippen LogP contribution >= 0.6 is 11.3 Å². The molecule has 2 aromatic rings. The van der Waals surface area contributed by atoms with Crippen LogP contribution in [0.3, 0.4) is 0 Å². The Balaban J connectivity index is 2.25. The molecule has 0 aliphatic carbocycles. The highest BCUT2D eigenvalue weighted by atomic mass is 32.1. The molecule has 0 atom stereocenters. The molecule has 0 fully saturated rings. The molecule has 0 radical (unpaired) electrons. The van der Waals surface area contributed by atoms with Crippen molar-refractivity contribution in [3.63, 3.8) is 0 Å². The fourth-order valence-electron chi connectivity index (χ4n) is 1.85. The van der Waals surface area contributed by atoms with Gasteiger partial charge in [-0.05, 0) is 20.8 Å². The van der Waals surface area contributed by atoms with Crippen molar-refractivity contribution < 1.29 is 4.92 Å². The van der Waals surface area contributed by atoms with Gasteiger partial charge in [-0.1, -0.05) is 0 Å². The van der Waals surface area contributed by atoms with E-state index < -0.39 is 4.92 Å². The van der Waals surface area contributed by atoms with Crippen molar-refractivity contribution >= 4 is 22.8 Å². The summed E-state index contributed by atoms with van der Waals surface area (Å²) in [6.45, 7) is 6.57. The van der Waals surface area contributed by atoms with Crippen molar-refractivity contribution in [2.75, 3.05) is 5.32 Å².